The zero-order chi connectivity index (χ0) is 30.9. The molecule has 4 aromatic rings. The summed E-state index contributed by atoms with van der Waals surface area (Å²) in [6, 6.07) is 4.63. The van der Waals surface area contributed by atoms with Gasteiger partial charge in [-0.05, 0) is 84.5 Å². The smallest absolute Gasteiger partial charge is 0.219 e. The molecule has 2 aliphatic carbocycles. The molecule has 2 aliphatic heterocycles. The number of thiophene rings is 1. The van der Waals surface area contributed by atoms with Gasteiger partial charge in [0.05, 0.1) is 16.7 Å². The summed E-state index contributed by atoms with van der Waals surface area (Å²) in [5, 5.41) is 20.3. The molecule has 1 unspecified atom stereocenters. The van der Waals surface area contributed by atoms with Crippen molar-refractivity contribution < 1.29 is 9.26 Å². The Labute approximate surface area is 267 Å². The summed E-state index contributed by atoms with van der Waals surface area (Å²) in [6.45, 7) is 5.04. The number of ether oxygens (including phenoxy) is 1. The molecule has 6 heterocycles. The molecule has 0 amide bonds. The Morgan fingerprint density at radius 3 is 2.80 bits per heavy atom. The molecule has 12 heteroatoms. The van der Waals surface area contributed by atoms with Gasteiger partial charge in [-0.15, -0.1) is 11.3 Å². The van der Waals surface area contributed by atoms with Gasteiger partial charge in [-0.1, -0.05) is 5.16 Å². The molecular weight excluding hydrogens is 586 g/mol. The molecule has 234 valence electrons. The topological polar surface area (TPSA) is 135 Å². The number of nitrogens with zero attached hydrogens (tertiary/aromatic N) is 8. The molecule has 0 bridgehead atoms. The minimum absolute atomic E-state index is 0.0452. The van der Waals surface area contributed by atoms with Gasteiger partial charge in [0.1, 0.15) is 17.2 Å². The van der Waals surface area contributed by atoms with E-state index in [1.807, 2.05) is 10.7 Å². The van der Waals surface area contributed by atoms with E-state index in [0.29, 0.717) is 39.8 Å². The van der Waals surface area contributed by atoms with Crippen LogP contribution in [0.15, 0.2) is 16.8 Å². The summed E-state index contributed by atoms with van der Waals surface area (Å²) in [5.74, 6) is 2.48. The number of nitrogens with two attached hydrogens (primary N) is 1. The summed E-state index contributed by atoms with van der Waals surface area (Å²) in [5.41, 5.74) is 11.6. The molecule has 45 heavy (non-hydrogen) atoms. The Morgan fingerprint density at radius 2 is 2.00 bits per heavy atom. The third-order valence-corrected chi connectivity index (χ3v) is 11.5. The number of likely N-dealkylation sites (N-methyl/N-ethyl adjacent to an activating group) is 2. The first-order valence-electron chi connectivity index (χ1n) is 16.2. The van der Waals surface area contributed by atoms with Crippen LogP contribution in [0, 0.1) is 11.3 Å². The van der Waals surface area contributed by atoms with Crippen molar-refractivity contribution in [3.05, 3.63) is 50.8 Å². The minimum Gasteiger partial charge on any atom is -0.473 e. The average molecular weight is 626 g/mol. The second-order valence-corrected chi connectivity index (χ2v) is 14.5. The summed E-state index contributed by atoms with van der Waals surface area (Å²) in [4.78, 5) is 15.9. The lowest BCUT2D eigenvalue weighted by atomic mass is 9.63. The quantitative estimate of drug-likeness (QED) is 0.334. The highest BCUT2D eigenvalue weighted by Crippen LogP contribution is 2.55. The van der Waals surface area contributed by atoms with E-state index in [2.05, 4.69) is 48.2 Å². The van der Waals surface area contributed by atoms with E-state index in [9.17, 15) is 5.26 Å². The molecule has 1 fully saturated rings. The van der Waals surface area contributed by atoms with Gasteiger partial charge >= 0.3 is 0 Å². The molecule has 4 aromatic heterocycles. The summed E-state index contributed by atoms with van der Waals surface area (Å²) in [7, 11) is 4.29. The van der Waals surface area contributed by atoms with Crippen LogP contribution in [0.2, 0.25) is 0 Å². The van der Waals surface area contributed by atoms with Crippen LogP contribution in [0.3, 0.4) is 0 Å². The maximum absolute atomic E-state index is 10.1. The Hall–Kier alpha value is -3.79. The molecular formula is C33H39N9O2S. The maximum Gasteiger partial charge on any atom is 0.219 e. The van der Waals surface area contributed by atoms with Crippen LogP contribution in [0.5, 0.6) is 5.88 Å². The average Bonchev–Trinajstić information content (AvgIpc) is 3.82. The lowest BCUT2D eigenvalue weighted by Crippen LogP contribution is -2.38. The molecule has 1 spiro atoms. The SMILES string of the molecule is C[C@H](Oc1cc(-n2cc3c(n2)CCN(C)C3)nc(-c2noc3c2CCC[C@@]32CCCc3sc(N)c(C#N)c32)n1)C1CCCN1C. The lowest BCUT2D eigenvalue weighted by molar-refractivity contribution is 0.117. The van der Waals surface area contributed by atoms with E-state index in [0.717, 1.165) is 93.6 Å². The number of aryl methyl sites for hydroxylation is 1. The predicted octanol–water partition coefficient (Wildman–Crippen LogP) is 4.64. The Morgan fingerprint density at radius 1 is 1.16 bits per heavy atom. The third kappa shape index (κ3) is 4.66. The highest BCUT2D eigenvalue weighted by atomic mass is 32.1. The number of likely N-dealkylation sites (tertiary alicyclic amines) is 1. The minimum atomic E-state index is -0.406. The van der Waals surface area contributed by atoms with Gasteiger partial charge in [-0.2, -0.15) is 15.3 Å². The number of aromatic nitrogens is 5. The fraction of sp³-hybridized carbons (Fsp3) is 0.545. The Kier molecular flexibility index (Phi) is 6.96. The maximum atomic E-state index is 10.1. The first-order chi connectivity index (χ1) is 21.8. The van der Waals surface area contributed by atoms with Crippen molar-refractivity contribution in [1.82, 2.24) is 34.7 Å². The van der Waals surface area contributed by atoms with Gasteiger partial charge < -0.3 is 19.9 Å². The largest absolute Gasteiger partial charge is 0.473 e. The van der Waals surface area contributed by atoms with Crippen molar-refractivity contribution in [3.63, 3.8) is 0 Å². The number of hydrogen-bond acceptors (Lipinski definition) is 11. The molecule has 3 atom stereocenters. The first kappa shape index (κ1) is 28.7. The normalized spacial score (nSPS) is 23.8. The molecule has 11 nitrogen and oxygen atoms in total. The van der Waals surface area contributed by atoms with Crippen LogP contribution < -0.4 is 10.5 Å². The highest BCUT2D eigenvalue weighted by Gasteiger charge is 2.49. The van der Waals surface area contributed by atoms with Crippen LogP contribution in [0.1, 0.15) is 84.0 Å². The van der Waals surface area contributed by atoms with Gasteiger partial charge in [-0.25, -0.2) is 9.67 Å². The number of rotatable bonds is 5. The van der Waals surface area contributed by atoms with E-state index in [1.54, 1.807) is 11.3 Å². The summed E-state index contributed by atoms with van der Waals surface area (Å²) < 4.78 is 14.7. The molecule has 0 saturated carbocycles. The molecule has 0 aromatic carbocycles. The van der Waals surface area contributed by atoms with Crippen LogP contribution in [-0.4, -0.2) is 74.0 Å². The number of nitriles is 1. The van der Waals surface area contributed by atoms with Crippen molar-refractivity contribution in [2.75, 3.05) is 32.9 Å². The molecule has 0 radical (unpaired) electrons. The van der Waals surface area contributed by atoms with E-state index < -0.39 is 5.41 Å². The van der Waals surface area contributed by atoms with Crippen molar-refractivity contribution in [2.45, 2.75) is 88.8 Å². The second kappa shape index (κ2) is 10.9. The zero-order valence-electron chi connectivity index (χ0n) is 26.2. The highest BCUT2D eigenvalue weighted by molar-refractivity contribution is 7.16. The third-order valence-electron chi connectivity index (χ3n) is 10.5. The molecule has 4 aliphatic rings. The predicted molar refractivity (Wildman–Crippen MR) is 171 cm³/mol. The Bertz CT molecular complexity index is 1810. The van der Waals surface area contributed by atoms with Gasteiger partial charge in [0.25, 0.3) is 0 Å². The van der Waals surface area contributed by atoms with Crippen LogP contribution in [0.4, 0.5) is 5.00 Å². The fourth-order valence-corrected chi connectivity index (χ4v) is 9.44. The Balaban J connectivity index is 1.23. The van der Waals surface area contributed by atoms with Crippen molar-refractivity contribution in [1.29, 1.82) is 5.26 Å². The standard InChI is InChI=1S/C33H39N9O2S/c1-19(24-8-6-13-41(24)3)43-27-15-26(42-18-20-17-40(2)14-10-23(20)38-42)36-32(37-27)29-21-7-4-11-33(30(21)44-39-29)12-5-9-25-28(33)22(16-34)31(35)45-25/h15,18-19,24H,4-14,17,35H2,1-3H3/t19-,24?,33-/m0/s1. The van der Waals surface area contributed by atoms with Gasteiger partial charge in [-0.3, -0.25) is 4.90 Å². The van der Waals surface area contributed by atoms with Gasteiger partial charge in [0.15, 0.2) is 23.1 Å². The molecule has 8 rings (SSSR count). The number of anilines is 1. The monoisotopic (exact) mass is 625 g/mol. The second-order valence-electron chi connectivity index (χ2n) is 13.3. The fourth-order valence-electron chi connectivity index (χ4n) is 8.28. The van der Waals surface area contributed by atoms with Crippen LogP contribution in [-0.2, 0) is 31.2 Å². The molecule has 1 saturated heterocycles. The van der Waals surface area contributed by atoms with Crippen LogP contribution >= 0.6 is 11.3 Å². The number of nitrogen functional groups attached to an aromatic ring is 1. The first-order valence-corrected chi connectivity index (χ1v) is 17.0. The van der Waals surface area contributed by atoms with Crippen molar-refractivity contribution >= 4 is 16.3 Å². The number of hydrogen-bond donors (Lipinski definition) is 1. The molecule has 2 N–H and O–H groups in total. The van der Waals surface area contributed by atoms with Crippen LogP contribution in [0.25, 0.3) is 17.3 Å². The van der Waals surface area contributed by atoms with Crippen molar-refractivity contribution in [3.8, 4) is 29.3 Å². The van der Waals surface area contributed by atoms with E-state index >= 15 is 0 Å². The van der Waals surface area contributed by atoms with Gasteiger partial charge in [0, 0.05) is 53.8 Å². The van der Waals surface area contributed by atoms with Crippen molar-refractivity contribution in [2.24, 2.45) is 0 Å². The van der Waals surface area contributed by atoms with Gasteiger partial charge in [0.2, 0.25) is 5.88 Å². The van der Waals surface area contributed by atoms with E-state index in [1.165, 1.54) is 16.9 Å². The summed E-state index contributed by atoms with van der Waals surface area (Å²) >= 11 is 1.55. The zero-order valence-corrected chi connectivity index (χ0v) is 27.0. The van der Waals surface area contributed by atoms with E-state index in [-0.39, 0.29) is 6.10 Å². The lowest BCUT2D eigenvalue weighted by Gasteiger charge is -2.39. The van der Waals surface area contributed by atoms with E-state index in [4.69, 9.17) is 30.1 Å². The number of fused-ring (bicyclic) bond motifs is 5. The summed E-state index contributed by atoms with van der Waals surface area (Å²) in [6.07, 6.45) is 10.7.